The van der Waals surface area contributed by atoms with Gasteiger partial charge in [-0.05, 0) is 44.7 Å². The molecule has 2 aliphatic rings. The van der Waals surface area contributed by atoms with Crippen molar-refractivity contribution < 1.29 is 4.74 Å². The number of morpholine rings is 1. The minimum atomic E-state index is 0. The number of guanidine groups is 1. The summed E-state index contributed by atoms with van der Waals surface area (Å²) in [5.74, 6) is 0.903. The Kier molecular flexibility index (Phi) is 10.8. The molecular weight excluding hydrogens is 489 g/mol. The van der Waals surface area contributed by atoms with E-state index in [0.717, 1.165) is 51.8 Å². The zero-order chi connectivity index (χ0) is 20.6. The predicted molar refractivity (Wildman–Crippen MR) is 136 cm³/mol. The topological polar surface area (TPSA) is 52.1 Å². The van der Waals surface area contributed by atoms with Crippen LogP contribution < -0.4 is 10.6 Å². The highest BCUT2D eigenvalue weighted by Gasteiger charge is 2.21. The van der Waals surface area contributed by atoms with E-state index in [1.807, 2.05) is 7.05 Å². The number of halogens is 1. The molecule has 3 rings (SSSR count). The molecule has 1 unspecified atom stereocenters. The number of ether oxygens (including phenoxy) is 1. The lowest BCUT2D eigenvalue weighted by Crippen LogP contribution is -2.49. The lowest BCUT2D eigenvalue weighted by molar-refractivity contribution is -0.0212. The SMILES string of the molecule is CN=C(NCc1cccc(CN2CCOC(C)C2)c1)NC1CCN(C(C)C)CC1.I. The summed E-state index contributed by atoms with van der Waals surface area (Å²) in [5, 5.41) is 7.11. The third-order valence-electron chi connectivity index (χ3n) is 6.01. The third kappa shape index (κ3) is 7.98. The Morgan fingerprint density at radius 3 is 2.60 bits per heavy atom. The summed E-state index contributed by atoms with van der Waals surface area (Å²) in [6.45, 7) is 13.7. The Morgan fingerprint density at radius 2 is 1.93 bits per heavy atom. The van der Waals surface area contributed by atoms with Gasteiger partial charge >= 0.3 is 0 Å². The molecule has 2 heterocycles. The van der Waals surface area contributed by atoms with Crippen LogP contribution in [0.25, 0.3) is 0 Å². The van der Waals surface area contributed by atoms with Crippen molar-refractivity contribution in [2.45, 2.75) is 64.9 Å². The molecule has 2 saturated heterocycles. The highest BCUT2D eigenvalue weighted by molar-refractivity contribution is 14.0. The minimum Gasteiger partial charge on any atom is -0.376 e. The smallest absolute Gasteiger partial charge is 0.191 e. The Labute approximate surface area is 199 Å². The van der Waals surface area contributed by atoms with Crippen LogP contribution in [0, 0.1) is 0 Å². The van der Waals surface area contributed by atoms with Crippen LogP contribution in [0.4, 0.5) is 0 Å². The molecule has 2 fully saturated rings. The summed E-state index contributed by atoms with van der Waals surface area (Å²) in [7, 11) is 1.86. The fourth-order valence-electron chi connectivity index (χ4n) is 4.26. The van der Waals surface area contributed by atoms with Gasteiger partial charge in [-0.15, -0.1) is 24.0 Å². The number of hydrogen-bond donors (Lipinski definition) is 2. The van der Waals surface area contributed by atoms with Crippen molar-refractivity contribution in [3.05, 3.63) is 35.4 Å². The van der Waals surface area contributed by atoms with Crippen LogP contribution >= 0.6 is 24.0 Å². The number of nitrogens with zero attached hydrogens (tertiary/aromatic N) is 3. The van der Waals surface area contributed by atoms with Crippen LogP contribution in [-0.4, -0.2) is 73.8 Å². The van der Waals surface area contributed by atoms with Crippen LogP contribution in [-0.2, 0) is 17.8 Å². The molecule has 1 aromatic carbocycles. The van der Waals surface area contributed by atoms with E-state index < -0.39 is 0 Å². The number of benzene rings is 1. The van der Waals surface area contributed by atoms with Crippen LogP contribution in [0.3, 0.4) is 0 Å². The molecule has 2 aliphatic heterocycles. The molecule has 2 N–H and O–H groups in total. The molecule has 0 spiro atoms. The van der Waals surface area contributed by atoms with E-state index in [-0.39, 0.29) is 24.0 Å². The fraction of sp³-hybridized carbons (Fsp3) is 0.696. The van der Waals surface area contributed by atoms with E-state index in [9.17, 15) is 0 Å². The number of likely N-dealkylation sites (tertiary alicyclic amines) is 1. The summed E-state index contributed by atoms with van der Waals surface area (Å²) >= 11 is 0. The zero-order valence-corrected chi connectivity index (χ0v) is 21.4. The molecule has 0 aromatic heterocycles. The van der Waals surface area contributed by atoms with E-state index in [0.29, 0.717) is 18.2 Å². The number of hydrogen-bond acceptors (Lipinski definition) is 4. The first-order valence-corrected chi connectivity index (χ1v) is 11.2. The lowest BCUT2D eigenvalue weighted by atomic mass is 10.0. The van der Waals surface area contributed by atoms with E-state index in [2.05, 4.69) is 70.5 Å². The van der Waals surface area contributed by atoms with Gasteiger partial charge < -0.3 is 20.3 Å². The van der Waals surface area contributed by atoms with Crippen molar-refractivity contribution in [3.63, 3.8) is 0 Å². The van der Waals surface area contributed by atoms with Crippen molar-refractivity contribution in [2.24, 2.45) is 4.99 Å². The van der Waals surface area contributed by atoms with Crippen molar-refractivity contribution >= 4 is 29.9 Å². The highest BCUT2D eigenvalue weighted by Crippen LogP contribution is 2.14. The molecular formula is C23H40IN5O. The lowest BCUT2D eigenvalue weighted by Gasteiger charge is -2.35. The van der Waals surface area contributed by atoms with E-state index in [1.165, 1.54) is 24.0 Å². The molecule has 170 valence electrons. The van der Waals surface area contributed by atoms with E-state index >= 15 is 0 Å². The quantitative estimate of drug-likeness (QED) is 0.337. The van der Waals surface area contributed by atoms with E-state index in [4.69, 9.17) is 4.74 Å². The summed E-state index contributed by atoms with van der Waals surface area (Å²) in [5.41, 5.74) is 2.66. The van der Waals surface area contributed by atoms with Crippen molar-refractivity contribution in [3.8, 4) is 0 Å². The largest absolute Gasteiger partial charge is 0.376 e. The number of rotatable bonds is 6. The van der Waals surface area contributed by atoms with Gasteiger partial charge in [0.15, 0.2) is 5.96 Å². The Hall–Kier alpha value is -0.900. The Balaban J connectivity index is 0.00000320. The summed E-state index contributed by atoms with van der Waals surface area (Å²) in [6.07, 6.45) is 2.67. The van der Waals surface area contributed by atoms with Crippen molar-refractivity contribution in [1.29, 1.82) is 0 Å². The van der Waals surface area contributed by atoms with Gasteiger partial charge in [-0.25, -0.2) is 0 Å². The van der Waals surface area contributed by atoms with Gasteiger partial charge in [0.1, 0.15) is 0 Å². The van der Waals surface area contributed by atoms with Crippen molar-refractivity contribution in [1.82, 2.24) is 20.4 Å². The first-order valence-electron chi connectivity index (χ1n) is 11.2. The number of aliphatic imine (C=N–C) groups is 1. The third-order valence-corrected chi connectivity index (χ3v) is 6.01. The summed E-state index contributed by atoms with van der Waals surface area (Å²) in [4.78, 5) is 9.46. The van der Waals surface area contributed by atoms with Crippen LogP contribution in [0.1, 0.15) is 44.7 Å². The summed E-state index contributed by atoms with van der Waals surface area (Å²) < 4.78 is 5.65. The fourth-order valence-corrected chi connectivity index (χ4v) is 4.26. The number of nitrogens with one attached hydrogen (secondary N) is 2. The molecule has 0 radical (unpaired) electrons. The van der Waals surface area contributed by atoms with E-state index in [1.54, 1.807) is 0 Å². The molecule has 0 saturated carbocycles. The monoisotopic (exact) mass is 529 g/mol. The maximum atomic E-state index is 5.65. The van der Waals surface area contributed by atoms with Gasteiger partial charge in [-0.3, -0.25) is 9.89 Å². The average Bonchev–Trinajstić information content (AvgIpc) is 2.72. The van der Waals surface area contributed by atoms with Gasteiger partial charge in [-0.2, -0.15) is 0 Å². The van der Waals surface area contributed by atoms with Gasteiger partial charge in [0.05, 0.1) is 12.7 Å². The first kappa shape index (κ1) is 25.4. The standard InChI is InChI=1S/C23H39N5O.HI/c1-18(2)28-10-8-22(9-11-28)26-23(24-4)25-15-20-6-5-7-21(14-20)17-27-12-13-29-19(3)16-27;/h5-7,14,18-19,22H,8-13,15-17H2,1-4H3,(H2,24,25,26);1H. The second kappa shape index (κ2) is 12.8. The maximum Gasteiger partial charge on any atom is 0.191 e. The molecule has 1 aromatic rings. The first-order chi connectivity index (χ1) is 14.0. The molecule has 0 bridgehead atoms. The van der Waals surface area contributed by atoms with Gasteiger partial charge in [0.25, 0.3) is 0 Å². The van der Waals surface area contributed by atoms with Gasteiger partial charge in [0.2, 0.25) is 0 Å². The average molecular weight is 530 g/mol. The molecule has 30 heavy (non-hydrogen) atoms. The van der Waals surface area contributed by atoms with Gasteiger partial charge in [-0.1, -0.05) is 24.3 Å². The Morgan fingerprint density at radius 1 is 1.20 bits per heavy atom. The van der Waals surface area contributed by atoms with Gasteiger partial charge in [0, 0.05) is 58.4 Å². The summed E-state index contributed by atoms with van der Waals surface area (Å²) in [6, 6.07) is 10.0. The second-order valence-corrected chi connectivity index (χ2v) is 8.71. The molecule has 7 heteroatoms. The minimum absolute atomic E-state index is 0. The molecule has 6 nitrogen and oxygen atoms in total. The van der Waals surface area contributed by atoms with Crippen LogP contribution in [0.2, 0.25) is 0 Å². The van der Waals surface area contributed by atoms with Crippen LogP contribution in [0.5, 0.6) is 0 Å². The number of piperidine rings is 1. The second-order valence-electron chi connectivity index (χ2n) is 8.71. The molecule has 1 atom stereocenters. The predicted octanol–water partition coefficient (Wildman–Crippen LogP) is 3.06. The normalized spacial score (nSPS) is 22.0. The maximum absolute atomic E-state index is 5.65. The molecule has 0 amide bonds. The Bertz CT molecular complexity index is 661. The molecule has 0 aliphatic carbocycles. The van der Waals surface area contributed by atoms with Crippen molar-refractivity contribution in [2.75, 3.05) is 39.8 Å². The highest BCUT2D eigenvalue weighted by atomic mass is 127. The van der Waals surface area contributed by atoms with Crippen LogP contribution in [0.15, 0.2) is 29.3 Å². The zero-order valence-electron chi connectivity index (χ0n) is 19.1.